The van der Waals surface area contributed by atoms with Gasteiger partial charge in [-0.1, -0.05) is 48.6 Å². The van der Waals surface area contributed by atoms with Crippen LogP contribution < -0.4 is 10.6 Å². The molecule has 2 N–H and O–H groups in total. The lowest BCUT2D eigenvalue weighted by Gasteiger charge is -2.23. The van der Waals surface area contributed by atoms with E-state index in [1.54, 1.807) is 62.4 Å². The summed E-state index contributed by atoms with van der Waals surface area (Å²) in [5.74, 6) is -1.61. The van der Waals surface area contributed by atoms with Crippen LogP contribution in [-0.4, -0.2) is 65.6 Å². The van der Waals surface area contributed by atoms with Gasteiger partial charge in [-0.15, -0.1) is 0 Å². The molecule has 0 heterocycles. The molecular weight excluding hydrogens is 629 g/mol. The predicted molar refractivity (Wildman–Crippen MR) is 175 cm³/mol. The van der Waals surface area contributed by atoms with Crippen molar-refractivity contribution in [3.63, 3.8) is 0 Å². The van der Waals surface area contributed by atoms with Crippen LogP contribution in [0.1, 0.15) is 39.5 Å². The first kappa shape index (κ1) is 34.7. The minimum Gasteiger partial charge on any atom is -0.465 e. The fourth-order valence-corrected chi connectivity index (χ4v) is 8.84. The van der Waals surface area contributed by atoms with E-state index in [0.29, 0.717) is 61.3 Å². The van der Waals surface area contributed by atoms with E-state index < -0.39 is 42.1 Å². The molecule has 2 aliphatic rings. The van der Waals surface area contributed by atoms with Crippen molar-refractivity contribution in [2.45, 2.75) is 59.8 Å². The van der Waals surface area contributed by atoms with Crippen molar-refractivity contribution in [3.8, 4) is 0 Å². The molecule has 46 heavy (non-hydrogen) atoms. The number of nitrogens with one attached hydrogen (secondary N) is 2. The van der Waals surface area contributed by atoms with Crippen molar-refractivity contribution in [3.05, 3.63) is 108 Å². The number of hydrogen-bond acceptors (Lipinski definition) is 10. The monoisotopic (exact) mass is 668 g/mol. The Kier molecular flexibility index (Phi) is 12.0. The molecular formula is C34H40N2O8S2. The topological polar surface area (TPSA) is 145 Å². The molecule has 2 unspecified atom stereocenters. The first-order valence-electron chi connectivity index (χ1n) is 15.3. The standard InChI is InChI=1S/C34H40N2O8S2/c1-3-43-33(37)31(45(39,40)29-17-7-5-8-18-29)25-13-11-15-27(23-25)35-21-22-36-28-16-12-14-26(24-28)32(34(38)44-4-2)46(41,42)30-19-9-6-10-20-30/h5-10,15-20,23-24,31-32,35-36H,3-4,11-14,21-22H2,1-2H3. The number of ether oxygens (including phenoxy) is 2. The van der Waals surface area contributed by atoms with Gasteiger partial charge < -0.3 is 20.1 Å². The molecule has 0 aliphatic heterocycles. The lowest BCUT2D eigenvalue weighted by molar-refractivity contribution is -0.142. The van der Waals surface area contributed by atoms with Crippen molar-refractivity contribution in [2.24, 2.45) is 0 Å². The van der Waals surface area contributed by atoms with E-state index in [-0.39, 0.29) is 23.0 Å². The summed E-state index contributed by atoms with van der Waals surface area (Å²) in [4.78, 5) is 26.0. The summed E-state index contributed by atoms with van der Waals surface area (Å²) in [6.45, 7) is 4.27. The van der Waals surface area contributed by atoms with Gasteiger partial charge in [0.1, 0.15) is 0 Å². The van der Waals surface area contributed by atoms with Gasteiger partial charge in [0.05, 0.1) is 23.0 Å². The number of hydrogen-bond donors (Lipinski definition) is 2. The maximum atomic E-state index is 13.5. The molecule has 0 amide bonds. The predicted octanol–water partition coefficient (Wildman–Crippen LogP) is 4.19. The number of carbonyl (C=O) groups is 2. The molecule has 2 atom stereocenters. The Bertz CT molecular complexity index is 1600. The third kappa shape index (κ3) is 8.35. The Labute approximate surface area is 271 Å². The first-order valence-corrected chi connectivity index (χ1v) is 18.4. The number of rotatable bonds is 15. The number of benzene rings is 2. The van der Waals surface area contributed by atoms with E-state index in [4.69, 9.17) is 9.47 Å². The summed E-state index contributed by atoms with van der Waals surface area (Å²) in [7, 11) is -8.07. The summed E-state index contributed by atoms with van der Waals surface area (Å²) in [5.41, 5.74) is 2.27. The minimum absolute atomic E-state index is 0.0529. The molecule has 0 saturated heterocycles. The lowest BCUT2D eigenvalue weighted by Crippen LogP contribution is -2.36. The maximum Gasteiger partial charge on any atom is 0.328 e. The third-order valence-electron chi connectivity index (χ3n) is 7.50. The van der Waals surface area contributed by atoms with Crippen molar-refractivity contribution in [2.75, 3.05) is 26.3 Å². The number of esters is 2. The molecule has 10 nitrogen and oxygen atoms in total. The average molecular weight is 669 g/mol. The average Bonchev–Trinajstić information content (AvgIpc) is 3.04. The minimum atomic E-state index is -4.04. The molecule has 2 aliphatic carbocycles. The van der Waals surface area contributed by atoms with Gasteiger partial charge in [-0.25, -0.2) is 16.8 Å². The zero-order valence-corrected chi connectivity index (χ0v) is 27.6. The van der Waals surface area contributed by atoms with Gasteiger partial charge in [-0.3, -0.25) is 9.59 Å². The van der Waals surface area contributed by atoms with Gasteiger partial charge in [0.25, 0.3) is 0 Å². The molecule has 0 radical (unpaired) electrons. The van der Waals surface area contributed by atoms with Crippen LogP contribution in [0.3, 0.4) is 0 Å². The van der Waals surface area contributed by atoms with E-state index in [0.717, 1.165) is 0 Å². The molecule has 0 spiro atoms. The normalized spacial score (nSPS) is 16.5. The fourth-order valence-electron chi connectivity index (χ4n) is 5.41. The summed E-state index contributed by atoms with van der Waals surface area (Å²) < 4.78 is 64.4. The van der Waals surface area contributed by atoms with E-state index in [1.165, 1.54) is 24.3 Å². The van der Waals surface area contributed by atoms with E-state index in [9.17, 15) is 26.4 Å². The summed E-state index contributed by atoms with van der Waals surface area (Å²) >= 11 is 0. The summed E-state index contributed by atoms with van der Waals surface area (Å²) in [6.07, 6.45) is 9.16. The highest BCUT2D eigenvalue weighted by Gasteiger charge is 2.40. The summed E-state index contributed by atoms with van der Waals surface area (Å²) in [6, 6.07) is 15.8. The molecule has 12 heteroatoms. The molecule has 0 bridgehead atoms. The molecule has 0 fully saturated rings. The highest BCUT2D eigenvalue weighted by Crippen LogP contribution is 2.30. The second-order valence-corrected chi connectivity index (χ2v) is 14.7. The van der Waals surface area contributed by atoms with Crippen molar-refractivity contribution < 1.29 is 35.9 Å². The Morgan fingerprint density at radius 2 is 1.02 bits per heavy atom. The Morgan fingerprint density at radius 1 is 0.652 bits per heavy atom. The fraction of sp³-hybridized carbons (Fsp3) is 0.353. The Balaban J connectivity index is 1.44. The first-order chi connectivity index (χ1) is 22.1. The highest BCUT2D eigenvalue weighted by molar-refractivity contribution is 7.93. The number of sulfone groups is 2. The van der Waals surface area contributed by atoms with Crippen LogP contribution in [0, 0.1) is 0 Å². The quantitative estimate of drug-likeness (QED) is 0.209. The zero-order chi connectivity index (χ0) is 33.2. The largest absolute Gasteiger partial charge is 0.465 e. The van der Waals surface area contributed by atoms with Crippen LogP contribution in [0.2, 0.25) is 0 Å². The van der Waals surface area contributed by atoms with Crippen molar-refractivity contribution >= 4 is 31.6 Å². The van der Waals surface area contributed by atoms with Crippen LogP contribution in [0.5, 0.6) is 0 Å². The van der Waals surface area contributed by atoms with Crippen LogP contribution >= 0.6 is 0 Å². The van der Waals surface area contributed by atoms with E-state index >= 15 is 0 Å². The molecule has 246 valence electrons. The van der Waals surface area contributed by atoms with Gasteiger partial charge in [-0.05, 0) is 87.1 Å². The molecule has 4 rings (SSSR count). The summed E-state index contributed by atoms with van der Waals surface area (Å²) in [5, 5.41) is 3.66. The molecule has 2 aromatic rings. The number of carbonyl (C=O) groups excluding carboxylic acids is 2. The van der Waals surface area contributed by atoms with Crippen LogP contribution in [0.25, 0.3) is 0 Å². The van der Waals surface area contributed by atoms with Crippen LogP contribution in [-0.2, 0) is 38.7 Å². The van der Waals surface area contributed by atoms with Crippen LogP contribution in [0.4, 0.5) is 0 Å². The van der Waals surface area contributed by atoms with Crippen LogP contribution in [0.15, 0.2) is 117 Å². The number of allylic oxidation sites excluding steroid dienone is 4. The molecule has 2 aromatic carbocycles. The second kappa shape index (κ2) is 15.9. The van der Waals surface area contributed by atoms with Gasteiger partial charge in [0, 0.05) is 24.5 Å². The van der Waals surface area contributed by atoms with E-state index in [2.05, 4.69) is 10.6 Å². The zero-order valence-electron chi connectivity index (χ0n) is 26.0. The van der Waals surface area contributed by atoms with Gasteiger partial charge in [0.2, 0.25) is 0 Å². The Hall–Kier alpha value is -4.16. The SMILES string of the molecule is CCOC(=O)C(C1=CC(NCCNC2=CCCC(C(C(=O)OCC)S(=O)(=O)c3ccccc3)=C2)=CCC1)S(=O)(=O)c1ccccc1. The van der Waals surface area contributed by atoms with Gasteiger partial charge in [-0.2, -0.15) is 0 Å². The smallest absolute Gasteiger partial charge is 0.328 e. The third-order valence-corrected chi connectivity index (χ3v) is 11.6. The van der Waals surface area contributed by atoms with Gasteiger partial charge in [0.15, 0.2) is 30.2 Å². The second-order valence-electron chi connectivity index (χ2n) is 10.7. The van der Waals surface area contributed by atoms with Gasteiger partial charge >= 0.3 is 11.9 Å². The highest BCUT2D eigenvalue weighted by atomic mass is 32.2. The molecule has 0 aromatic heterocycles. The van der Waals surface area contributed by atoms with Crippen molar-refractivity contribution in [1.82, 2.24) is 10.6 Å². The lowest BCUT2D eigenvalue weighted by atomic mass is 9.99. The maximum absolute atomic E-state index is 13.5. The van der Waals surface area contributed by atoms with E-state index in [1.807, 2.05) is 12.2 Å². The molecule has 0 saturated carbocycles. The van der Waals surface area contributed by atoms with Crippen molar-refractivity contribution in [1.29, 1.82) is 0 Å². The Morgan fingerprint density at radius 3 is 1.37 bits per heavy atom.